The molecule has 0 aromatic carbocycles. The van der Waals surface area contributed by atoms with E-state index in [1.54, 1.807) is 0 Å². The number of ether oxygens (including phenoxy) is 2. The molecule has 0 amide bonds. The summed E-state index contributed by atoms with van der Waals surface area (Å²) in [6.45, 7) is 7.81. The zero-order valence-corrected chi connectivity index (χ0v) is 12.0. The van der Waals surface area contributed by atoms with Crippen molar-refractivity contribution in [2.24, 2.45) is 0 Å². The van der Waals surface area contributed by atoms with Crippen LogP contribution >= 0.6 is 0 Å². The highest BCUT2D eigenvalue weighted by atomic mass is 16.5. The Morgan fingerprint density at radius 1 is 0.833 bits per heavy atom. The highest BCUT2D eigenvalue weighted by Crippen LogP contribution is 2.07. The van der Waals surface area contributed by atoms with Crippen molar-refractivity contribution in [3.8, 4) is 0 Å². The topological polar surface area (TPSA) is 52.6 Å². The van der Waals surface area contributed by atoms with Crippen LogP contribution in [0.2, 0.25) is 0 Å². The maximum absolute atomic E-state index is 11.4. The van der Waals surface area contributed by atoms with E-state index < -0.39 is 0 Å². The molecule has 18 heavy (non-hydrogen) atoms. The van der Waals surface area contributed by atoms with Gasteiger partial charge in [-0.15, -0.1) is 0 Å². The normalized spacial score (nSPS) is 13.8. The molecule has 0 spiro atoms. The SMILES string of the molecule is CCC[C@H](C)OC(=O)CCC(=O)O[C@@H](C)CCC. The van der Waals surface area contributed by atoms with Crippen LogP contribution in [-0.4, -0.2) is 24.1 Å². The van der Waals surface area contributed by atoms with E-state index in [0.29, 0.717) is 0 Å². The summed E-state index contributed by atoms with van der Waals surface area (Å²) < 4.78 is 10.3. The van der Waals surface area contributed by atoms with Gasteiger partial charge in [0.2, 0.25) is 0 Å². The van der Waals surface area contributed by atoms with Crippen LogP contribution in [0.3, 0.4) is 0 Å². The Balaban J connectivity index is 3.74. The van der Waals surface area contributed by atoms with Gasteiger partial charge in [-0.3, -0.25) is 9.59 Å². The molecule has 0 bridgehead atoms. The molecule has 4 heteroatoms. The number of rotatable bonds is 9. The lowest BCUT2D eigenvalue weighted by atomic mass is 10.2. The van der Waals surface area contributed by atoms with Gasteiger partial charge in [-0.2, -0.15) is 0 Å². The van der Waals surface area contributed by atoms with E-state index in [1.165, 1.54) is 0 Å². The summed E-state index contributed by atoms with van der Waals surface area (Å²) in [5.74, 6) is -0.646. The third-order valence-electron chi connectivity index (χ3n) is 2.59. The highest BCUT2D eigenvalue weighted by Gasteiger charge is 2.13. The van der Waals surface area contributed by atoms with E-state index >= 15 is 0 Å². The molecule has 4 nitrogen and oxygen atoms in total. The fourth-order valence-corrected chi connectivity index (χ4v) is 1.70. The largest absolute Gasteiger partial charge is 0.463 e. The first kappa shape index (κ1) is 16.9. The lowest BCUT2D eigenvalue weighted by molar-refractivity contribution is -0.155. The Morgan fingerprint density at radius 2 is 1.17 bits per heavy atom. The van der Waals surface area contributed by atoms with Crippen LogP contribution in [0.5, 0.6) is 0 Å². The molecule has 2 atom stereocenters. The molecule has 0 rings (SSSR count). The molecule has 0 aromatic rings. The molecule has 0 radical (unpaired) electrons. The number of esters is 2. The Hall–Kier alpha value is -1.06. The molecule has 0 aliphatic rings. The second-order valence-electron chi connectivity index (χ2n) is 4.68. The van der Waals surface area contributed by atoms with Crippen molar-refractivity contribution in [3.05, 3.63) is 0 Å². The maximum atomic E-state index is 11.4. The van der Waals surface area contributed by atoms with Crippen LogP contribution in [0.1, 0.15) is 66.2 Å². The third kappa shape index (κ3) is 9.02. The summed E-state index contributed by atoms with van der Waals surface area (Å²) in [5.41, 5.74) is 0. The third-order valence-corrected chi connectivity index (χ3v) is 2.59. The summed E-state index contributed by atoms with van der Waals surface area (Å²) in [6, 6.07) is 0. The molecule has 0 N–H and O–H groups in total. The smallest absolute Gasteiger partial charge is 0.306 e. The predicted molar refractivity (Wildman–Crippen MR) is 70.2 cm³/mol. The fourth-order valence-electron chi connectivity index (χ4n) is 1.70. The highest BCUT2D eigenvalue weighted by molar-refractivity contribution is 5.77. The Kier molecular flexibility index (Phi) is 9.33. The average Bonchev–Trinajstić information content (AvgIpc) is 2.27. The van der Waals surface area contributed by atoms with Crippen molar-refractivity contribution in [2.75, 3.05) is 0 Å². The predicted octanol–water partition coefficient (Wildman–Crippen LogP) is 3.23. The van der Waals surface area contributed by atoms with Crippen molar-refractivity contribution in [3.63, 3.8) is 0 Å². The summed E-state index contributed by atoms with van der Waals surface area (Å²) in [7, 11) is 0. The van der Waals surface area contributed by atoms with Gasteiger partial charge >= 0.3 is 11.9 Å². The number of hydrogen-bond donors (Lipinski definition) is 0. The van der Waals surface area contributed by atoms with Crippen LogP contribution in [-0.2, 0) is 19.1 Å². The zero-order valence-electron chi connectivity index (χ0n) is 12.0. The number of hydrogen-bond acceptors (Lipinski definition) is 4. The van der Waals surface area contributed by atoms with Crippen LogP contribution in [0.4, 0.5) is 0 Å². The molecule has 0 aliphatic heterocycles. The van der Waals surface area contributed by atoms with E-state index in [1.807, 2.05) is 27.7 Å². The first-order chi connectivity index (χ1) is 8.49. The number of carbonyl (C=O) groups is 2. The molecule has 0 aromatic heterocycles. The molecule has 0 saturated heterocycles. The molecule has 0 fully saturated rings. The van der Waals surface area contributed by atoms with Gasteiger partial charge in [0.05, 0.1) is 25.0 Å². The van der Waals surface area contributed by atoms with Crippen LogP contribution in [0.25, 0.3) is 0 Å². The van der Waals surface area contributed by atoms with E-state index in [0.717, 1.165) is 25.7 Å². The minimum absolute atomic E-state index is 0.0717. The van der Waals surface area contributed by atoms with Crippen LogP contribution < -0.4 is 0 Å². The van der Waals surface area contributed by atoms with Gasteiger partial charge < -0.3 is 9.47 Å². The monoisotopic (exact) mass is 258 g/mol. The molecular formula is C14H26O4. The summed E-state index contributed by atoms with van der Waals surface area (Å²) in [4.78, 5) is 22.8. The first-order valence-electron chi connectivity index (χ1n) is 6.88. The summed E-state index contributed by atoms with van der Waals surface area (Å²) in [6.07, 6.45) is 3.72. The van der Waals surface area contributed by atoms with Gasteiger partial charge in [0, 0.05) is 0 Å². The van der Waals surface area contributed by atoms with E-state index in [-0.39, 0.29) is 37.0 Å². The van der Waals surface area contributed by atoms with Crippen LogP contribution in [0.15, 0.2) is 0 Å². The molecular weight excluding hydrogens is 232 g/mol. The second-order valence-corrected chi connectivity index (χ2v) is 4.68. The maximum Gasteiger partial charge on any atom is 0.306 e. The van der Waals surface area contributed by atoms with E-state index in [2.05, 4.69) is 0 Å². The Labute approximate surface area is 110 Å². The number of carbonyl (C=O) groups excluding carboxylic acids is 2. The summed E-state index contributed by atoms with van der Waals surface area (Å²) in [5, 5.41) is 0. The van der Waals surface area contributed by atoms with Gasteiger partial charge in [0.15, 0.2) is 0 Å². The lowest BCUT2D eigenvalue weighted by Gasteiger charge is -2.13. The minimum Gasteiger partial charge on any atom is -0.463 e. The van der Waals surface area contributed by atoms with Crippen molar-refractivity contribution >= 4 is 11.9 Å². The summed E-state index contributed by atoms with van der Waals surface area (Å²) >= 11 is 0. The van der Waals surface area contributed by atoms with Gasteiger partial charge in [0.1, 0.15) is 0 Å². The molecule has 106 valence electrons. The van der Waals surface area contributed by atoms with Crippen LogP contribution in [0, 0.1) is 0 Å². The first-order valence-corrected chi connectivity index (χ1v) is 6.88. The van der Waals surface area contributed by atoms with Crippen molar-refractivity contribution in [1.82, 2.24) is 0 Å². The van der Waals surface area contributed by atoms with Gasteiger partial charge in [-0.05, 0) is 26.7 Å². The van der Waals surface area contributed by atoms with Crippen molar-refractivity contribution in [2.45, 2.75) is 78.4 Å². The fraction of sp³-hybridized carbons (Fsp3) is 0.857. The molecule has 0 heterocycles. The average molecular weight is 258 g/mol. The van der Waals surface area contributed by atoms with E-state index in [4.69, 9.17) is 9.47 Å². The Bertz CT molecular complexity index is 224. The van der Waals surface area contributed by atoms with Crippen molar-refractivity contribution < 1.29 is 19.1 Å². The molecule has 0 aliphatic carbocycles. The molecule has 0 saturated carbocycles. The van der Waals surface area contributed by atoms with Gasteiger partial charge in [0.25, 0.3) is 0 Å². The van der Waals surface area contributed by atoms with E-state index in [9.17, 15) is 9.59 Å². The Morgan fingerprint density at radius 3 is 1.44 bits per heavy atom. The lowest BCUT2D eigenvalue weighted by Crippen LogP contribution is -2.18. The standard InChI is InChI=1S/C14H26O4/c1-5-7-11(3)17-13(15)9-10-14(16)18-12(4)8-6-2/h11-12H,5-10H2,1-4H3/t11-,12-/m0/s1. The molecule has 0 unspecified atom stereocenters. The minimum atomic E-state index is -0.323. The second kappa shape index (κ2) is 9.92. The van der Waals surface area contributed by atoms with Gasteiger partial charge in [-0.1, -0.05) is 26.7 Å². The van der Waals surface area contributed by atoms with Gasteiger partial charge in [-0.25, -0.2) is 0 Å². The van der Waals surface area contributed by atoms with Crippen molar-refractivity contribution in [1.29, 1.82) is 0 Å². The quantitative estimate of drug-likeness (QED) is 0.596. The zero-order chi connectivity index (χ0) is 14.0.